The number of nitrogens with zero attached hydrogens (tertiary/aromatic N) is 3. The van der Waals surface area contributed by atoms with Crippen molar-refractivity contribution in [2.45, 2.75) is 25.3 Å². The summed E-state index contributed by atoms with van der Waals surface area (Å²) in [6.45, 7) is 0.878. The molecule has 1 unspecified atom stereocenters. The lowest BCUT2D eigenvalue weighted by atomic mass is 9.79. The van der Waals surface area contributed by atoms with Gasteiger partial charge in [0, 0.05) is 19.0 Å². The highest BCUT2D eigenvalue weighted by atomic mass is 19.1. The van der Waals surface area contributed by atoms with E-state index in [-0.39, 0.29) is 5.56 Å². The molecule has 6 rings (SSSR count). The van der Waals surface area contributed by atoms with Crippen molar-refractivity contribution in [3.63, 3.8) is 0 Å². The molecule has 1 aliphatic carbocycles. The summed E-state index contributed by atoms with van der Waals surface area (Å²) in [5.41, 5.74) is 4.29. The molecule has 0 radical (unpaired) electrons. The summed E-state index contributed by atoms with van der Waals surface area (Å²) >= 11 is 0. The van der Waals surface area contributed by atoms with Crippen LogP contribution in [-0.4, -0.2) is 33.7 Å². The van der Waals surface area contributed by atoms with E-state index in [1.165, 1.54) is 38.0 Å². The second-order valence-electron chi connectivity index (χ2n) is 8.59. The largest absolute Gasteiger partial charge is 0.465 e. The molecule has 7 heteroatoms. The Morgan fingerprint density at radius 3 is 2.81 bits per heavy atom. The third-order valence-corrected chi connectivity index (χ3v) is 6.96. The minimum atomic E-state index is -0.572. The normalized spacial score (nSPS) is 18.2. The highest BCUT2D eigenvalue weighted by molar-refractivity contribution is 5.98. The summed E-state index contributed by atoms with van der Waals surface area (Å²) in [6, 6.07) is 11.6. The number of para-hydroxylation sites is 1. The number of rotatable bonds is 3. The minimum Gasteiger partial charge on any atom is -0.465 e. The van der Waals surface area contributed by atoms with Crippen LogP contribution in [0.4, 0.5) is 10.1 Å². The molecule has 1 fully saturated rings. The number of anilines is 1. The first kappa shape index (κ1) is 18.4. The Kier molecular flexibility index (Phi) is 3.91. The van der Waals surface area contributed by atoms with Crippen LogP contribution < -0.4 is 5.32 Å². The SMILES string of the molecule is COC(=O)c1cc(F)c2c(c1)nc(-c1cc3cccc4c3n1C(C1CCC1)CN4)n2C. The zero-order valence-electron chi connectivity index (χ0n) is 17.5. The van der Waals surface area contributed by atoms with E-state index in [0.717, 1.165) is 23.3 Å². The van der Waals surface area contributed by atoms with Gasteiger partial charge in [0.05, 0.1) is 41.1 Å². The first-order valence-electron chi connectivity index (χ1n) is 10.7. The molecule has 2 aromatic heterocycles. The molecular formula is C24H23FN4O2. The van der Waals surface area contributed by atoms with Crippen LogP contribution in [0.15, 0.2) is 36.4 Å². The summed E-state index contributed by atoms with van der Waals surface area (Å²) in [5.74, 6) is 0.279. The van der Waals surface area contributed by atoms with Crippen LogP contribution in [-0.2, 0) is 11.8 Å². The Morgan fingerprint density at radius 1 is 1.23 bits per heavy atom. The van der Waals surface area contributed by atoms with Crippen LogP contribution >= 0.6 is 0 Å². The second-order valence-corrected chi connectivity index (χ2v) is 8.59. The molecule has 2 aromatic carbocycles. The van der Waals surface area contributed by atoms with E-state index in [0.29, 0.717) is 28.8 Å². The molecule has 0 saturated heterocycles. The second kappa shape index (κ2) is 6.57. The van der Waals surface area contributed by atoms with E-state index >= 15 is 0 Å². The van der Waals surface area contributed by atoms with Crippen molar-refractivity contribution in [1.82, 2.24) is 14.1 Å². The summed E-state index contributed by atoms with van der Waals surface area (Å²) in [6.07, 6.45) is 3.73. The van der Waals surface area contributed by atoms with Crippen molar-refractivity contribution >= 4 is 33.6 Å². The molecule has 1 aliphatic heterocycles. The Bertz CT molecular complexity index is 1370. The molecular weight excluding hydrogens is 395 g/mol. The third-order valence-electron chi connectivity index (χ3n) is 6.96. The Balaban J connectivity index is 1.61. The van der Waals surface area contributed by atoms with Crippen molar-refractivity contribution < 1.29 is 13.9 Å². The fraction of sp³-hybridized carbons (Fsp3) is 0.333. The van der Waals surface area contributed by atoms with Crippen molar-refractivity contribution in [3.8, 4) is 11.5 Å². The van der Waals surface area contributed by atoms with Gasteiger partial charge in [-0.15, -0.1) is 0 Å². The number of aryl methyl sites for hydroxylation is 1. The Hall–Kier alpha value is -3.35. The smallest absolute Gasteiger partial charge is 0.338 e. The van der Waals surface area contributed by atoms with Crippen LogP contribution in [0.5, 0.6) is 0 Å². The van der Waals surface area contributed by atoms with Gasteiger partial charge in [-0.2, -0.15) is 0 Å². The van der Waals surface area contributed by atoms with Crippen LogP contribution in [0.3, 0.4) is 0 Å². The fourth-order valence-corrected chi connectivity index (χ4v) is 5.21. The molecule has 6 nitrogen and oxygen atoms in total. The maximum absolute atomic E-state index is 15.0. The minimum absolute atomic E-state index is 0.164. The summed E-state index contributed by atoms with van der Waals surface area (Å²) in [5, 5.41) is 4.75. The quantitative estimate of drug-likeness (QED) is 0.482. The first-order chi connectivity index (χ1) is 15.1. The lowest BCUT2D eigenvalue weighted by molar-refractivity contribution is 0.0600. The van der Waals surface area contributed by atoms with Crippen LogP contribution in [0.1, 0.15) is 35.7 Å². The Morgan fingerprint density at radius 2 is 2.06 bits per heavy atom. The number of ether oxygens (including phenoxy) is 1. The number of benzene rings is 2. The van der Waals surface area contributed by atoms with Crippen molar-refractivity contribution in [1.29, 1.82) is 0 Å². The summed E-state index contributed by atoms with van der Waals surface area (Å²) in [7, 11) is 3.12. The molecule has 1 saturated carbocycles. The van der Waals surface area contributed by atoms with E-state index in [4.69, 9.17) is 9.72 Å². The van der Waals surface area contributed by atoms with Gasteiger partial charge in [-0.05, 0) is 43.0 Å². The molecule has 2 aliphatic rings. The van der Waals surface area contributed by atoms with Gasteiger partial charge in [0.15, 0.2) is 5.82 Å². The summed E-state index contributed by atoms with van der Waals surface area (Å²) < 4.78 is 23.9. The molecule has 4 aromatic rings. The van der Waals surface area contributed by atoms with E-state index in [2.05, 4.69) is 34.1 Å². The average molecular weight is 418 g/mol. The van der Waals surface area contributed by atoms with E-state index in [1.807, 2.05) is 7.05 Å². The number of esters is 1. The van der Waals surface area contributed by atoms with Gasteiger partial charge >= 0.3 is 5.97 Å². The topological polar surface area (TPSA) is 61.1 Å². The van der Waals surface area contributed by atoms with Gasteiger partial charge in [-0.25, -0.2) is 14.2 Å². The third kappa shape index (κ3) is 2.55. The molecule has 0 bridgehead atoms. The number of nitrogens with one attached hydrogen (secondary N) is 1. The molecule has 1 N–H and O–H groups in total. The number of carbonyl (C=O) groups is 1. The number of hydrogen-bond acceptors (Lipinski definition) is 4. The van der Waals surface area contributed by atoms with Crippen molar-refractivity contribution in [2.24, 2.45) is 13.0 Å². The number of aromatic nitrogens is 3. The van der Waals surface area contributed by atoms with Gasteiger partial charge in [0.1, 0.15) is 11.3 Å². The highest BCUT2D eigenvalue weighted by Crippen LogP contribution is 2.45. The van der Waals surface area contributed by atoms with Crippen molar-refractivity contribution in [2.75, 3.05) is 19.0 Å². The van der Waals surface area contributed by atoms with E-state index in [9.17, 15) is 9.18 Å². The van der Waals surface area contributed by atoms with Gasteiger partial charge in [-0.3, -0.25) is 0 Å². The zero-order chi connectivity index (χ0) is 21.3. The molecule has 1 atom stereocenters. The predicted octanol–water partition coefficient (Wildman–Crippen LogP) is 4.89. The van der Waals surface area contributed by atoms with E-state index in [1.54, 1.807) is 10.6 Å². The number of imidazole rings is 1. The lowest BCUT2D eigenvalue weighted by Gasteiger charge is -2.39. The van der Waals surface area contributed by atoms with Gasteiger partial charge in [-0.1, -0.05) is 18.6 Å². The summed E-state index contributed by atoms with van der Waals surface area (Å²) in [4.78, 5) is 16.7. The molecule has 0 spiro atoms. The maximum atomic E-state index is 15.0. The first-order valence-corrected chi connectivity index (χ1v) is 10.7. The number of fused-ring (bicyclic) bond motifs is 1. The average Bonchev–Trinajstić information content (AvgIpc) is 3.27. The van der Waals surface area contributed by atoms with Gasteiger partial charge in [0.2, 0.25) is 0 Å². The Labute approximate surface area is 178 Å². The maximum Gasteiger partial charge on any atom is 0.338 e. The molecule has 31 heavy (non-hydrogen) atoms. The van der Waals surface area contributed by atoms with Crippen LogP contribution in [0, 0.1) is 11.7 Å². The number of hydrogen-bond donors (Lipinski definition) is 1. The van der Waals surface area contributed by atoms with Crippen molar-refractivity contribution in [3.05, 3.63) is 47.8 Å². The number of carbonyl (C=O) groups excluding carboxylic acids is 1. The number of methoxy groups -OCH3 is 1. The van der Waals surface area contributed by atoms with E-state index < -0.39 is 11.8 Å². The van der Waals surface area contributed by atoms with Crippen LogP contribution in [0.2, 0.25) is 0 Å². The van der Waals surface area contributed by atoms with Gasteiger partial charge < -0.3 is 19.2 Å². The standard InChI is InChI=1S/C24H23FN4O2/c1-28-22-16(25)9-15(24(30)31-2)10-18(22)27-23(28)19-11-14-7-4-8-17-21(14)29(19)20(12-26-17)13-5-3-6-13/h4,7-11,13,20,26H,3,5-6,12H2,1-2H3. The lowest BCUT2D eigenvalue weighted by Crippen LogP contribution is -2.33. The van der Waals surface area contributed by atoms with Crippen LogP contribution in [0.25, 0.3) is 33.5 Å². The number of halogens is 1. The highest BCUT2D eigenvalue weighted by Gasteiger charge is 2.34. The zero-order valence-corrected chi connectivity index (χ0v) is 17.5. The monoisotopic (exact) mass is 418 g/mol. The molecule has 0 amide bonds. The molecule has 158 valence electrons. The molecule has 3 heterocycles. The fourth-order valence-electron chi connectivity index (χ4n) is 5.21. The van der Waals surface area contributed by atoms with Gasteiger partial charge in [0.25, 0.3) is 0 Å². The predicted molar refractivity (Wildman–Crippen MR) is 118 cm³/mol.